The van der Waals surface area contributed by atoms with E-state index in [2.05, 4.69) is 10.3 Å². The number of hydrogen-bond donors (Lipinski definition) is 3. The van der Waals surface area contributed by atoms with Gasteiger partial charge in [-0.1, -0.05) is 54.2 Å². The number of aromatic hydroxyl groups is 1. The number of carbonyl (C=O) groups excluding carboxylic acids is 1. The summed E-state index contributed by atoms with van der Waals surface area (Å²) in [6.45, 7) is -0.548. The average Bonchev–Trinajstić information content (AvgIpc) is 2.63. The van der Waals surface area contributed by atoms with Gasteiger partial charge in [0.1, 0.15) is 11.6 Å². The van der Waals surface area contributed by atoms with Gasteiger partial charge in [-0.2, -0.15) is 0 Å². The number of benzene rings is 2. The van der Waals surface area contributed by atoms with Crippen molar-refractivity contribution in [1.82, 2.24) is 10.3 Å². The van der Waals surface area contributed by atoms with Gasteiger partial charge < -0.3 is 15.5 Å². The topological polar surface area (TPSA) is 99.5 Å². The van der Waals surface area contributed by atoms with Gasteiger partial charge >= 0.3 is 5.97 Å². The fraction of sp³-hybridized carbons (Fsp3) is 0.0556. The molecule has 2 aromatic carbocycles. The van der Waals surface area contributed by atoms with E-state index in [0.717, 1.165) is 4.90 Å². The molecule has 0 saturated carbocycles. The highest BCUT2D eigenvalue weighted by Crippen LogP contribution is 2.37. The van der Waals surface area contributed by atoms with Crippen LogP contribution in [0.2, 0.25) is 0 Å². The van der Waals surface area contributed by atoms with Crippen LogP contribution in [-0.4, -0.2) is 33.6 Å². The molecule has 7 heteroatoms. The zero-order valence-electron chi connectivity index (χ0n) is 13.0. The molecule has 6 nitrogen and oxygen atoms in total. The number of carbonyl (C=O) groups is 2. The smallest absolute Gasteiger partial charge is 0.322 e. The summed E-state index contributed by atoms with van der Waals surface area (Å²) in [4.78, 5) is 28.1. The minimum absolute atomic E-state index is 0.196. The van der Waals surface area contributed by atoms with Crippen molar-refractivity contribution in [3.63, 3.8) is 0 Å². The maximum absolute atomic E-state index is 12.2. The number of aromatic nitrogens is 1. The highest BCUT2D eigenvalue weighted by atomic mass is 32.2. The molecule has 3 N–H and O–H groups in total. The largest absolute Gasteiger partial charge is 0.505 e. The number of hydrogen-bond acceptors (Lipinski definition) is 5. The van der Waals surface area contributed by atoms with Crippen LogP contribution in [0.3, 0.4) is 0 Å². The molecule has 1 amide bonds. The number of carboxylic acids is 1. The molecule has 126 valence electrons. The van der Waals surface area contributed by atoms with Gasteiger partial charge in [-0.05, 0) is 12.1 Å². The number of amides is 1. The van der Waals surface area contributed by atoms with E-state index < -0.39 is 18.4 Å². The van der Waals surface area contributed by atoms with Gasteiger partial charge in [-0.25, -0.2) is 4.98 Å². The molecule has 0 aliphatic rings. The van der Waals surface area contributed by atoms with Crippen LogP contribution in [-0.2, 0) is 4.79 Å². The molecule has 0 saturated heterocycles. The predicted octanol–water partition coefficient (Wildman–Crippen LogP) is 2.91. The van der Waals surface area contributed by atoms with Crippen LogP contribution in [0.25, 0.3) is 10.8 Å². The zero-order valence-corrected chi connectivity index (χ0v) is 13.8. The Hall–Kier alpha value is -3.06. The summed E-state index contributed by atoms with van der Waals surface area (Å²) in [6.07, 6.45) is 0. The van der Waals surface area contributed by atoms with Gasteiger partial charge in [0, 0.05) is 15.7 Å². The van der Waals surface area contributed by atoms with E-state index in [1.807, 2.05) is 42.5 Å². The quantitative estimate of drug-likeness (QED) is 0.651. The third-order valence-corrected chi connectivity index (χ3v) is 4.44. The third kappa shape index (κ3) is 3.72. The number of nitrogens with zero attached hydrogens (tertiary/aromatic N) is 1. The molecule has 3 aromatic rings. The Bertz CT molecular complexity index is 944. The molecule has 25 heavy (non-hydrogen) atoms. The van der Waals surface area contributed by atoms with Gasteiger partial charge in [0.05, 0.1) is 0 Å². The molecular weight excluding hydrogens is 340 g/mol. The van der Waals surface area contributed by atoms with E-state index in [4.69, 9.17) is 5.11 Å². The average molecular weight is 354 g/mol. The number of nitrogens with one attached hydrogen (secondary N) is 1. The lowest BCUT2D eigenvalue weighted by molar-refractivity contribution is -0.135. The fourth-order valence-corrected chi connectivity index (χ4v) is 3.24. The number of carboxylic acid groups (broad SMARTS) is 1. The first-order valence-electron chi connectivity index (χ1n) is 7.41. The van der Waals surface area contributed by atoms with Crippen molar-refractivity contribution in [2.45, 2.75) is 9.92 Å². The Labute approximate surface area is 147 Å². The Morgan fingerprint density at radius 1 is 1.00 bits per heavy atom. The summed E-state index contributed by atoms with van der Waals surface area (Å²) >= 11 is 1.36. The molecule has 0 radical (unpaired) electrons. The van der Waals surface area contributed by atoms with Gasteiger partial charge in [-0.3, -0.25) is 9.59 Å². The second-order valence-electron chi connectivity index (χ2n) is 5.15. The normalized spacial score (nSPS) is 10.6. The van der Waals surface area contributed by atoms with Gasteiger partial charge in [0.25, 0.3) is 5.91 Å². The molecule has 0 bridgehead atoms. The van der Waals surface area contributed by atoms with Crippen LogP contribution in [0.15, 0.2) is 64.5 Å². The lowest BCUT2D eigenvalue weighted by Crippen LogP contribution is -2.30. The van der Waals surface area contributed by atoms with Crippen molar-refractivity contribution in [1.29, 1.82) is 0 Å². The van der Waals surface area contributed by atoms with Crippen molar-refractivity contribution in [2.75, 3.05) is 6.54 Å². The SMILES string of the molecule is O=C(O)CNC(=O)c1nc(Sc2ccccc2)c2ccccc2c1O. The Balaban J connectivity index is 2.07. The third-order valence-electron chi connectivity index (χ3n) is 3.42. The van der Waals surface area contributed by atoms with E-state index in [-0.39, 0.29) is 11.4 Å². The van der Waals surface area contributed by atoms with Crippen molar-refractivity contribution < 1.29 is 19.8 Å². The first-order valence-corrected chi connectivity index (χ1v) is 8.22. The van der Waals surface area contributed by atoms with Gasteiger partial charge in [0.15, 0.2) is 11.4 Å². The van der Waals surface area contributed by atoms with E-state index in [1.165, 1.54) is 11.8 Å². The maximum Gasteiger partial charge on any atom is 0.322 e. The molecule has 1 heterocycles. The maximum atomic E-state index is 12.2. The number of pyridine rings is 1. The van der Waals surface area contributed by atoms with Crippen molar-refractivity contribution in [3.05, 3.63) is 60.3 Å². The van der Waals surface area contributed by atoms with Crippen molar-refractivity contribution in [3.8, 4) is 5.75 Å². The molecule has 0 spiro atoms. The summed E-state index contributed by atoms with van der Waals surface area (Å²) in [5.74, 6) is -2.18. The molecule has 3 rings (SSSR count). The first-order chi connectivity index (χ1) is 12.1. The summed E-state index contributed by atoms with van der Waals surface area (Å²) < 4.78 is 0. The van der Waals surface area contributed by atoms with E-state index in [9.17, 15) is 14.7 Å². The van der Waals surface area contributed by atoms with Crippen LogP contribution in [0.5, 0.6) is 5.75 Å². The summed E-state index contributed by atoms with van der Waals surface area (Å²) in [5.41, 5.74) is -0.196. The second-order valence-corrected chi connectivity index (χ2v) is 6.21. The van der Waals surface area contributed by atoms with Crippen LogP contribution in [0.1, 0.15) is 10.5 Å². The van der Waals surface area contributed by atoms with Crippen LogP contribution < -0.4 is 5.32 Å². The Kier molecular flexibility index (Phi) is 4.85. The highest BCUT2D eigenvalue weighted by Gasteiger charge is 2.19. The van der Waals surface area contributed by atoms with Gasteiger partial charge in [0.2, 0.25) is 0 Å². The lowest BCUT2D eigenvalue weighted by atomic mass is 10.1. The van der Waals surface area contributed by atoms with E-state index in [1.54, 1.807) is 12.1 Å². The van der Waals surface area contributed by atoms with E-state index >= 15 is 0 Å². The summed E-state index contributed by atoms with van der Waals surface area (Å²) in [6, 6.07) is 16.6. The van der Waals surface area contributed by atoms with Crippen LogP contribution in [0, 0.1) is 0 Å². The lowest BCUT2D eigenvalue weighted by Gasteiger charge is -2.11. The minimum Gasteiger partial charge on any atom is -0.505 e. The highest BCUT2D eigenvalue weighted by molar-refractivity contribution is 7.99. The zero-order chi connectivity index (χ0) is 17.8. The first kappa shape index (κ1) is 16.8. The van der Waals surface area contributed by atoms with Crippen LogP contribution in [0.4, 0.5) is 0 Å². The standard InChI is InChI=1S/C18H14N2O4S/c21-14(22)10-19-17(24)15-16(23)12-8-4-5-9-13(12)18(20-15)25-11-6-2-1-3-7-11/h1-9,23H,10H2,(H,19,24)(H,21,22). The monoisotopic (exact) mass is 354 g/mol. The van der Waals surface area contributed by atoms with Crippen molar-refractivity contribution >= 4 is 34.4 Å². The second kappa shape index (κ2) is 7.23. The molecule has 0 fully saturated rings. The van der Waals surface area contributed by atoms with Crippen LogP contribution >= 0.6 is 11.8 Å². The number of aliphatic carboxylic acids is 1. The van der Waals surface area contributed by atoms with Gasteiger partial charge in [-0.15, -0.1) is 0 Å². The Morgan fingerprint density at radius 2 is 1.64 bits per heavy atom. The predicted molar refractivity (Wildman–Crippen MR) is 93.9 cm³/mol. The Morgan fingerprint density at radius 3 is 2.32 bits per heavy atom. The minimum atomic E-state index is -1.17. The molecule has 0 aliphatic carbocycles. The molecule has 0 unspecified atom stereocenters. The number of rotatable bonds is 5. The molecule has 1 aromatic heterocycles. The summed E-state index contributed by atoms with van der Waals surface area (Å²) in [5, 5.41) is 23.1. The number of fused-ring (bicyclic) bond motifs is 1. The van der Waals surface area contributed by atoms with Crippen molar-refractivity contribution in [2.24, 2.45) is 0 Å². The summed E-state index contributed by atoms with van der Waals surface area (Å²) in [7, 11) is 0. The van der Waals surface area contributed by atoms with E-state index in [0.29, 0.717) is 15.8 Å². The fourth-order valence-electron chi connectivity index (χ4n) is 2.29. The molecule has 0 aliphatic heterocycles. The molecule has 0 atom stereocenters. The molecular formula is C18H14N2O4S.